The van der Waals surface area contributed by atoms with Crippen molar-refractivity contribution in [3.8, 4) is 0 Å². The van der Waals surface area contributed by atoms with Crippen molar-refractivity contribution in [2.24, 2.45) is 26.4 Å². The summed E-state index contributed by atoms with van der Waals surface area (Å²) < 4.78 is 0. The molecule has 116 valence electrons. The van der Waals surface area contributed by atoms with E-state index in [1.165, 1.54) is 11.1 Å². The van der Waals surface area contributed by atoms with Gasteiger partial charge < -0.3 is 21.4 Å². The van der Waals surface area contributed by atoms with Gasteiger partial charge in [-0.05, 0) is 30.9 Å². The third-order valence-corrected chi connectivity index (χ3v) is 3.01. The highest BCUT2D eigenvalue weighted by Crippen LogP contribution is 2.22. The molecule has 0 fully saturated rings. The van der Waals surface area contributed by atoms with E-state index in [9.17, 15) is 0 Å². The van der Waals surface area contributed by atoms with Crippen LogP contribution in [0.25, 0.3) is 0 Å². The van der Waals surface area contributed by atoms with Gasteiger partial charge in [-0.25, -0.2) is 4.99 Å². The standard InChI is InChI=1S/C14H25N7/c1-5-11-10(9-19-12(11)17-6-2)7-8-18-13(15)20-14(16)21(3)4/h6,9,19H,5,7-8H2,1-4H3,(H4,15,16,18,20). The fraction of sp³-hybridized carbons (Fsp3) is 0.500. The van der Waals surface area contributed by atoms with Crippen LogP contribution in [-0.4, -0.2) is 48.7 Å². The summed E-state index contributed by atoms with van der Waals surface area (Å²) >= 11 is 0. The van der Waals surface area contributed by atoms with E-state index >= 15 is 0 Å². The van der Waals surface area contributed by atoms with Crippen LogP contribution in [0.5, 0.6) is 0 Å². The van der Waals surface area contributed by atoms with Gasteiger partial charge in [0, 0.05) is 33.1 Å². The topological polar surface area (TPSA) is 108 Å². The zero-order chi connectivity index (χ0) is 15.8. The molecule has 1 rings (SSSR count). The minimum Gasteiger partial charge on any atom is -0.369 e. The van der Waals surface area contributed by atoms with Crippen LogP contribution in [-0.2, 0) is 12.8 Å². The Morgan fingerprint density at radius 1 is 1.38 bits per heavy atom. The van der Waals surface area contributed by atoms with Crippen LogP contribution in [0.2, 0.25) is 0 Å². The van der Waals surface area contributed by atoms with Gasteiger partial charge in [0.05, 0.1) is 0 Å². The molecule has 5 N–H and O–H groups in total. The van der Waals surface area contributed by atoms with E-state index in [1.54, 1.807) is 25.2 Å². The average molecular weight is 291 g/mol. The van der Waals surface area contributed by atoms with Crippen LogP contribution < -0.4 is 11.5 Å². The minimum absolute atomic E-state index is 0.196. The predicted octanol–water partition coefficient (Wildman–Crippen LogP) is 1.03. The van der Waals surface area contributed by atoms with Gasteiger partial charge in [-0.15, -0.1) is 0 Å². The van der Waals surface area contributed by atoms with Crippen molar-refractivity contribution in [1.29, 1.82) is 0 Å². The summed E-state index contributed by atoms with van der Waals surface area (Å²) in [7, 11) is 3.60. The second-order valence-corrected chi connectivity index (χ2v) is 4.74. The Morgan fingerprint density at radius 2 is 2.10 bits per heavy atom. The Balaban J connectivity index is 2.70. The highest BCUT2D eigenvalue weighted by molar-refractivity contribution is 5.93. The third-order valence-electron chi connectivity index (χ3n) is 3.01. The summed E-state index contributed by atoms with van der Waals surface area (Å²) in [5.41, 5.74) is 13.8. The van der Waals surface area contributed by atoms with Crippen molar-refractivity contribution < 1.29 is 0 Å². The van der Waals surface area contributed by atoms with E-state index in [0.29, 0.717) is 12.5 Å². The van der Waals surface area contributed by atoms with Gasteiger partial charge in [0.15, 0.2) is 5.96 Å². The average Bonchev–Trinajstić information content (AvgIpc) is 2.81. The van der Waals surface area contributed by atoms with Gasteiger partial charge in [-0.2, -0.15) is 4.99 Å². The van der Waals surface area contributed by atoms with Gasteiger partial charge in [0.25, 0.3) is 0 Å². The molecule has 1 aromatic heterocycles. The van der Waals surface area contributed by atoms with Crippen molar-refractivity contribution in [2.75, 3.05) is 20.6 Å². The molecule has 0 saturated heterocycles. The van der Waals surface area contributed by atoms with E-state index in [-0.39, 0.29) is 5.96 Å². The molecule has 0 radical (unpaired) electrons. The summed E-state index contributed by atoms with van der Waals surface area (Å²) in [5.74, 6) is 1.45. The monoisotopic (exact) mass is 291 g/mol. The summed E-state index contributed by atoms with van der Waals surface area (Å²) in [6.07, 6.45) is 5.47. The molecular weight excluding hydrogens is 266 g/mol. The first-order valence-electron chi connectivity index (χ1n) is 6.98. The highest BCUT2D eigenvalue weighted by atomic mass is 15.2. The van der Waals surface area contributed by atoms with Gasteiger partial charge in [0.1, 0.15) is 5.82 Å². The smallest absolute Gasteiger partial charge is 0.218 e. The fourth-order valence-electron chi connectivity index (χ4n) is 1.89. The first-order chi connectivity index (χ1) is 9.99. The lowest BCUT2D eigenvalue weighted by molar-refractivity contribution is 0.615. The SMILES string of the molecule is CC=Nc1[nH]cc(CCN=C(N)N=C(N)N(C)C)c1CC. The van der Waals surface area contributed by atoms with Crippen LogP contribution in [0.3, 0.4) is 0 Å². The lowest BCUT2D eigenvalue weighted by Gasteiger charge is -2.09. The number of aliphatic imine (C=N–C) groups is 3. The number of hydrogen-bond acceptors (Lipinski definition) is 2. The molecule has 0 aliphatic heterocycles. The lowest BCUT2D eigenvalue weighted by Crippen LogP contribution is -2.32. The number of guanidine groups is 2. The normalized spacial score (nSPS) is 13.1. The van der Waals surface area contributed by atoms with Crippen LogP contribution in [0.15, 0.2) is 21.2 Å². The molecule has 0 aliphatic carbocycles. The lowest BCUT2D eigenvalue weighted by atomic mass is 10.1. The largest absolute Gasteiger partial charge is 0.369 e. The molecule has 0 saturated carbocycles. The Kier molecular flexibility index (Phi) is 6.45. The maximum atomic E-state index is 5.72. The molecule has 0 unspecified atom stereocenters. The quantitative estimate of drug-likeness (QED) is 0.557. The Morgan fingerprint density at radius 3 is 2.67 bits per heavy atom. The van der Waals surface area contributed by atoms with Crippen molar-refractivity contribution >= 4 is 24.0 Å². The Labute approximate surface area is 125 Å². The number of nitrogens with one attached hydrogen (secondary N) is 1. The zero-order valence-electron chi connectivity index (χ0n) is 13.2. The molecule has 0 bridgehead atoms. The summed E-state index contributed by atoms with van der Waals surface area (Å²) in [4.78, 5) is 17.4. The number of hydrogen-bond donors (Lipinski definition) is 3. The fourth-order valence-corrected chi connectivity index (χ4v) is 1.89. The summed E-state index contributed by atoms with van der Waals surface area (Å²) in [6.45, 7) is 4.58. The molecule has 1 heterocycles. The van der Waals surface area contributed by atoms with Crippen LogP contribution in [0.1, 0.15) is 25.0 Å². The molecule has 0 atom stereocenters. The Bertz CT molecular complexity index is 538. The second-order valence-electron chi connectivity index (χ2n) is 4.74. The van der Waals surface area contributed by atoms with Gasteiger partial charge >= 0.3 is 0 Å². The van der Waals surface area contributed by atoms with E-state index in [4.69, 9.17) is 11.5 Å². The molecular formula is C14H25N7. The summed E-state index contributed by atoms with van der Waals surface area (Å²) in [5, 5.41) is 0. The number of nitrogens with zero attached hydrogens (tertiary/aromatic N) is 4. The molecule has 7 heteroatoms. The zero-order valence-corrected chi connectivity index (χ0v) is 13.2. The second kappa shape index (κ2) is 8.08. The number of aromatic amines is 1. The van der Waals surface area contributed by atoms with E-state index < -0.39 is 0 Å². The Hall–Kier alpha value is -2.31. The maximum Gasteiger partial charge on any atom is 0.218 e. The van der Waals surface area contributed by atoms with Crippen LogP contribution in [0, 0.1) is 0 Å². The molecule has 1 aromatic rings. The molecule has 0 aliphatic rings. The van der Waals surface area contributed by atoms with Gasteiger partial charge in [-0.1, -0.05) is 6.92 Å². The van der Waals surface area contributed by atoms with Crippen molar-refractivity contribution in [1.82, 2.24) is 9.88 Å². The number of H-pyrrole nitrogens is 1. The highest BCUT2D eigenvalue weighted by Gasteiger charge is 2.08. The molecule has 21 heavy (non-hydrogen) atoms. The number of rotatable bonds is 5. The predicted molar refractivity (Wildman–Crippen MR) is 89.5 cm³/mol. The van der Waals surface area contributed by atoms with Crippen molar-refractivity contribution in [2.45, 2.75) is 26.7 Å². The molecule has 0 spiro atoms. The molecule has 0 amide bonds. The van der Waals surface area contributed by atoms with Crippen molar-refractivity contribution in [3.05, 3.63) is 17.3 Å². The van der Waals surface area contributed by atoms with Crippen LogP contribution in [0.4, 0.5) is 5.82 Å². The van der Waals surface area contributed by atoms with E-state index in [0.717, 1.165) is 18.7 Å². The maximum absolute atomic E-state index is 5.72. The molecule has 7 nitrogen and oxygen atoms in total. The van der Waals surface area contributed by atoms with Gasteiger partial charge in [0.2, 0.25) is 5.96 Å². The van der Waals surface area contributed by atoms with E-state index in [2.05, 4.69) is 26.9 Å². The summed E-state index contributed by atoms with van der Waals surface area (Å²) in [6, 6.07) is 0. The van der Waals surface area contributed by atoms with Crippen molar-refractivity contribution in [3.63, 3.8) is 0 Å². The van der Waals surface area contributed by atoms with Crippen LogP contribution >= 0.6 is 0 Å². The first-order valence-corrected chi connectivity index (χ1v) is 6.98. The van der Waals surface area contributed by atoms with Gasteiger partial charge in [-0.3, -0.25) is 4.99 Å². The minimum atomic E-state index is 0.196. The molecule has 0 aromatic carbocycles. The number of nitrogens with two attached hydrogens (primary N) is 2. The number of aromatic nitrogens is 1. The first kappa shape index (κ1) is 16.7. The third kappa shape index (κ3) is 4.94. The van der Waals surface area contributed by atoms with E-state index in [1.807, 2.05) is 13.1 Å².